The summed E-state index contributed by atoms with van der Waals surface area (Å²) in [6.07, 6.45) is 3.70. The average molecular weight is 159 g/mol. The highest BCUT2D eigenvalue weighted by Gasteiger charge is 2.42. The second-order valence-electron chi connectivity index (χ2n) is 3.72. The summed E-state index contributed by atoms with van der Waals surface area (Å²) >= 11 is 0. The van der Waals surface area contributed by atoms with E-state index in [1.54, 1.807) is 0 Å². The monoisotopic (exact) mass is 159 g/mol. The number of H-pyrrole nitrogens is 1. The molecular formula is C9H9N3. The van der Waals surface area contributed by atoms with Crippen LogP contribution in [0.5, 0.6) is 0 Å². The molecule has 3 rings (SSSR count). The van der Waals surface area contributed by atoms with E-state index in [0.717, 1.165) is 12.3 Å². The molecule has 2 aliphatic carbocycles. The Labute approximate surface area is 70.4 Å². The molecule has 0 bridgehead atoms. The van der Waals surface area contributed by atoms with Gasteiger partial charge < -0.3 is 0 Å². The highest BCUT2D eigenvalue weighted by atomic mass is 15.1. The summed E-state index contributed by atoms with van der Waals surface area (Å²) in [5.41, 5.74) is 3.08. The van der Waals surface area contributed by atoms with E-state index in [9.17, 15) is 0 Å². The molecule has 0 spiro atoms. The van der Waals surface area contributed by atoms with Crippen molar-refractivity contribution in [1.82, 2.24) is 10.2 Å². The fourth-order valence-electron chi connectivity index (χ4n) is 2.44. The van der Waals surface area contributed by atoms with Crippen molar-refractivity contribution in [3.8, 4) is 6.07 Å². The van der Waals surface area contributed by atoms with Gasteiger partial charge in [-0.15, -0.1) is 0 Å². The van der Waals surface area contributed by atoms with E-state index in [-0.39, 0.29) is 0 Å². The lowest BCUT2D eigenvalue weighted by Gasteiger charge is -2.29. The predicted octanol–water partition coefficient (Wildman–Crippen LogP) is 1.33. The first kappa shape index (κ1) is 6.24. The summed E-state index contributed by atoms with van der Waals surface area (Å²) in [6.45, 7) is 0. The summed E-state index contributed by atoms with van der Waals surface area (Å²) in [7, 11) is 0. The number of hydrogen-bond acceptors (Lipinski definition) is 2. The highest BCUT2D eigenvalue weighted by Crippen LogP contribution is 2.50. The molecule has 60 valence electrons. The molecule has 12 heavy (non-hydrogen) atoms. The Hall–Kier alpha value is -1.30. The summed E-state index contributed by atoms with van der Waals surface area (Å²) < 4.78 is 0. The molecule has 1 aromatic rings. The predicted molar refractivity (Wildman–Crippen MR) is 42.5 cm³/mol. The summed E-state index contributed by atoms with van der Waals surface area (Å²) in [5.74, 6) is 1.52. The van der Waals surface area contributed by atoms with E-state index in [4.69, 9.17) is 5.26 Å². The molecule has 1 fully saturated rings. The van der Waals surface area contributed by atoms with Crippen molar-refractivity contribution in [2.24, 2.45) is 5.92 Å². The molecule has 0 amide bonds. The van der Waals surface area contributed by atoms with Crippen LogP contribution in [0.15, 0.2) is 0 Å². The molecule has 1 aromatic heterocycles. The van der Waals surface area contributed by atoms with Crippen LogP contribution < -0.4 is 0 Å². The number of rotatable bonds is 0. The topological polar surface area (TPSA) is 52.5 Å². The summed E-state index contributed by atoms with van der Waals surface area (Å²) in [4.78, 5) is 0. The molecule has 0 radical (unpaired) electrons. The molecule has 1 heterocycles. The molecule has 0 aliphatic heterocycles. The van der Waals surface area contributed by atoms with Gasteiger partial charge >= 0.3 is 0 Å². The third-order valence-electron chi connectivity index (χ3n) is 3.26. The summed E-state index contributed by atoms with van der Waals surface area (Å²) in [5, 5.41) is 15.7. The van der Waals surface area contributed by atoms with Crippen molar-refractivity contribution in [3.63, 3.8) is 0 Å². The standard InChI is InChI=1S/C9H9N3/c10-4-8-7-3-5-1-2-6(5)9(7)12-11-8/h5-6H,1-3H2,(H,11,12)/t5-,6-/m1/s1. The minimum absolute atomic E-state index is 0.624. The number of nitrogens with one attached hydrogen (secondary N) is 1. The van der Waals surface area contributed by atoms with Crippen LogP contribution in [-0.2, 0) is 6.42 Å². The van der Waals surface area contributed by atoms with Crippen LogP contribution in [-0.4, -0.2) is 10.2 Å². The first-order valence-electron chi connectivity index (χ1n) is 4.37. The average Bonchev–Trinajstić information content (AvgIpc) is 2.50. The lowest BCUT2D eigenvalue weighted by molar-refractivity contribution is 0.275. The van der Waals surface area contributed by atoms with Gasteiger partial charge in [0.05, 0.1) is 0 Å². The SMILES string of the molecule is N#Cc1n[nH]c2c1C[C@H]1CC[C@@H]21. The number of fused-ring (bicyclic) bond motifs is 3. The second kappa shape index (κ2) is 1.89. The van der Waals surface area contributed by atoms with Gasteiger partial charge in [0.25, 0.3) is 0 Å². The van der Waals surface area contributed by atoms with Crippen molar-refractivity contribution in [2.75, 3.05) is 0 Å². The van der Waals surface area contributed by atoms with Crippen molar-refractivity contribution in [3.05, 3.63) is 17.0 Å². The van der Waals surface area contributed by atoms with Crippen LogP contribution in [0.3, 0.4) is 0 Å². The maximum absolute atomic E-state index is 8.75. The molecule has 1 saturated carbocycles. The van der Waals surface area contributed by atoms with Crippen molar-refractivity contribution < 1.29 is 0 Å². The van der Waals surface area contributed by atoms with Gasteiger partial charge in [-0.25, -0.2) is 0 Å². The molecule has 0 unspecified atom stereocenters. The van der Waals surface area contributed by atoms with Crippen LogP contribution in [0.1, 0.15) is 35.7 Å². The summed E-state index contributed by atoms with van der Waals surface area (Å²) in [6, 6.07) is 2.13. The third kappa shape index (κ3) is 0.547. The molecule has 3 nitrogen and oxygen atoms in total. The van der Waals surface area contributed by atoms with E-state index in [0.29, 0.717) is 11.6 Å². The normalized spacial score (nSPS) is 30.2. The fourth-order valence-corrected chi connectivity index (χ4v) is 2.44. The minimum atomic E-state index is 0.624. The van der Waals surface area contributed by atoms with Crippen LogP contribution >= 0.6 is 0 Å². The van der Waals surface area contributed by atoms with Gasteiger partial charge in [0.1, 0.15) is 6.07 Å². The zero-order valence-corrected chi connectivity index (χ0v) is 6.67. The Morgan fingerprint density at radius 2 is 2.42 bits per heavy atom. The maximum atomic E-state index is 8.75. The van der Waals surface area contributed by atoms with E-state index in [1.165, 1.54) is 24.1 Å². The zero-order chi connectivity index (χ0) is 8.13. The van der Waals surface area contributed by atoms with Gasteiger partial charge in [0, 0.05) is 17.2 Å². The molecule has 0 saturated heterocycles. The van der Waals surface area contributed by atoms with Crippen molar-refractivity contribution in [2.45, 2.75) is 25.2 Å². The van der Waals surface area contributed by atoms with Gasteiger partial charge in [-0.05, 0) is 25.2 Å². The Morgan fingerprint density at radius 1 is 1.50 bits per heavy atom. The Kier molecular flexibility index (Phi) is 0.984. The molecule has 0 aromatic carbocycles. The Balaban J connectivity index is 2.14. The van der Waals surface area contributed by atoms with Crippen molar-refractivity contribution in [1.29, 1.82) is 5.26 Å². The van der Waals surface area contributed by atoms with Crippen LogP contribution in [0, 0.1) is 17.2 Å². The molecule has 2 atom stereocenters. The highest BCUT2D eigenvalue weighted by molar-refractivity contribution is 5.41. The number of aromatic nitrogens is 2. The quantitative estimate of drug-likeness (QED) is 0.620. The zero-order valence-electron chi connectivity index (χ0n) is 6.67. The number of nitrogens with zero attached hydrogens (tertiary/aromatic N) is 2. The number of aromatic amines is 1. The largest absolute Gasteiger partial charge is 0.281 e. The van der Waals surface area contributed by atoms with Gasteiger partial charge in [0.2, 0.25) is 0 Å². The smallest absolute Gasteiger partial charge is 0.165 e. The van der Waals surface area contributed by atoms with E-state index >= 15 is 0 Å². The molecule has 3 heteroatoms. The van der Waals surface area contributed by atoms with Crippen LogP contribution in [0.2, 0.25) is 0 Å². The lowest BCUT2D eigenvalue weighted by Crippen LogP contribution is -2.19. The van der Waals surface area contributed by atoms with Gasteiger partial charge in [-0.2, -0.15) is 10.4 Å². The van der Waals surface area contributed by atoms with Gasteiger partial charge in [-0.3, -0.25) is 5.10 Å². The van der Waals surface area contributed by atoms with E-state index < -0.39 is 0 Å². The maximum Gasteiger partial charge on any atom is 0.165 e. The Bertz CT molecular complexity index is 372. The first-order valence-corrected chi connectivity index (χ1v) is 4.37. The van der Waals surface area contributed by atoms with Crippen LogP contribution in [0.25, 0.3) is 0 Å². The number of nitriles is 1. The van der Waals surface area contributed by atoms with E-state index in [2.05, 4.69) is 16.3 Å². The lowest BCUT2D eigenvalue weighted by atomic mass is 9.75. The van der Waals surface area contributed by atoms with Crippen molar-refractivity contribution >= 4 is 0 Å². The van der Waals surface area contributed by atoms with E-state index in [1.807, 2.05) is 0 Å². The van der Waals surface area contributed by atoms with Gasteiger partial charge in [0.15, 0.2) is 5.69 Å². The second-order valence-corrected chi connectivity index (χ2v) is 3.72. The minimum Gasteiger partial charge on any atom is -0.281 e. The Morgan fingerprint density at radius 3 is 3.08 bits per heavy atom. The number of hydrogen-bond donors (Lipinski definition) is 1. The first-order chi connectivity index (χ1) is 5.90. The molecule has 2 aliphatic rings. The third-order valence-corrected chi connectivity index (χ3v) is 3.26. The van der Waals surface area contributed by atoms with Gasteiger partial charge in [-0.1, -0.05) is 0 Å². The van der Waals surface area contributed by atoms with Crippen LogP contribution in [0.4, 0.5) is 0 Å². The molecule has 1 N–H and O–H groups in total. The molecular weight excluding hydrogens is 150 g/mol. The fraction of sp³-hybridized carbons (Fsp3) is 0.556.